The van der Waals surface area contributed by atoms with Crippen LogP contribution in [-0.2, 0) is 30.2 Å². The Bertz CT molecular complexity index is 1280. The van der Waals surface area contributed by atoms with E-state index in [-0.39, 0.29) is 18.1 Å². The van der Waals surface area contributed by atoms with Crippen molar-refractivity contribution in [3.05, 3.63) is 70.8 Å². The SMILES string of the molecule is Cn1nc2c(c1C(=O)N[C@]1(c3ccc(OC(F)(F)F)cc3)CCOc3cccnc31)CCCC2.O=CO. The number of carbonyl (C=O) groups is 2. The van der Waals surface area contributed by atoms with E-state index in [1.807, 2.05) is 0 Å². The standard InChI is InChI=1S/C24H23F3N4O3.CH2O2/c1-31-20(17-5-2-3-6-18(17)30-31)22(32)29-23(12-14-33-19-7-4-13-28-21(19)23)15-8-10-16(11-9-15)34-24(25,26)27;2-1-3/h4,7-11,13H,2-3,5-6,12,14H2,1H3,(H,29,32);1H,(H,2,3)/t23-;/m0./s1. The second-order valence-corrected chi connectivity index (χ2v) is 8.59. The molecule has 0 bridgehead atoms. The molecule has 9 nitrogen and oxygen atoms in total. The van der Waals surface area contributed by atoms with E-state index < -0.39 is 11.9 Å². The molecule has 3 aromatic rings. The molecule has 2 aliphatic rings. The Morgan fingerprint density at radius 1 is 1.22 bits per heavy atom. The molecule has 2 N–H and O–H groups in total. The molecular weight excluding hydrogens is 493 g/mol. The first-order valence-corrected chi connectivity index (χ1v) is 11.6. The highest BCUT2D eigenvalue weighted by Crippen LogP contribution is 2.41. The second kappa shape index (κ2) is 10.5. The first kappa shape index (κ1) is 26.0. The molecule has 0 saturated carbocycles. The number of rotatable bonds is 4. The van der Waals surface area contributed by atoms with Gasteiger partial charge < -0.3 is 19.9 Å². The highest BCUT2D eigenvalue weighted by atomic mass is 19.4. The number of halogens is 3. The van der Waals surface area contributed by atoms with Gasteiger partial charge >= 0.3 is 6.36 Å². The molecule has 0 fully saturated rings. The summed E-state index contributed by atoms with van der Waals surface area (Å²) in [7, 11) is 1.75. The third-order valence-corrected chi connectivity index (χ3v) is 6.35. The van der Waals surface area contributed by atoms with Gasteiger partial charge in [0.2, 0.25) is 0 Å². The van der Waals surface area contributed by atoms with Gasteiger partial charge in [0.1, 0.15) is 28.4 Å². The van der Waals surface area contributed by atoms with Crippen molar-refractivity contribution in [1.82, 2.24) is 20.1 Å². The Balaban J connectivity index is 0.00000102. The van der Waals surface area contributed by atoms with Crippen molar-refractivity contribution in [2.24, 2.45) is 7.05 Å². The van der Waals surface area contributed by atoms with Crippen LogP contribution in [-0.4, -0.2) is 45.2 Å². The number of nitrogens with one attached hydrogen (secondary N) is 1. The van der Waals surface area contributed by atoms with Crippen molar-refractivity contribution in [1.29, 1.82) is 0 Å². The van der Waals surface area contributed by atoms with Gasteiger partial charge in [0.25, 0.3) is 12.4 Å². The summed E-state index contributed by atoms with van der Waals surface area (Å²) in [6.07, 6.45) is 0.794. The highest BCUT2D eigenvalue weighted by Gasteiger charge is 2.43. The van der Waals surface area contributed by atoms with E-state index in [1.165, 1.54) is 24.3 Å². The Kier molecular flexibility index (Phi) is 7.37. The van der Waals surface area contributed by atoms with E-state index >= 15 is 0 Å². The average Bonchev–Trinajstić information content (AvgIpc) is 3.20. The molecule has 0 saturated heterocycles. The Hall–Kier alpha value is -4.09. The normalized spacial score (nSPS) is 18.3. The molecule has 2 aromatic heterocycles. The van der Waals surface area contributed by atoms with Crippen molar-refractivity contribution in [3.63, 3.8) is 0 Å². The van der Waals surface area contributed by atoms with Crippen LogP contribution in [0.4, 0.5) is 13.2 Å². The third kappa shape index (κ3) is 5.37. The van der Waals surface area contributed by atoms with Gasteiger partial charge in [0.05, 0.1) is 12.3 Å². The van der Waals surface area contributed by atoms with Gasteiger partial charge in [0, 0.05) is 25.2 Å². The van der Waals surface area contributed by atoms with Gasteiger partial charge in [-0.1, -0.05) is 12.1 Å². The van der Waals surface area contributed by atoms with E-state index in [2.05, 4.69) is 20.1 Å². The topological polar surface area (TPSA) is 116 Å². The Labute approximate surface area is 210 Å². The number of alkyl halides is 3. The number of amides is 1. The molecule has 0 unspecified atom stereocenters. The minimum absolute atomic E-state index is 0.250. The van der Waals surface area contributed by atoms with Crippen LogP contribution < -0.4 is 14.8 Å². The lowest BCUT2D eigenvalue weighted by molar-refractivity contribution is -0.274. The van der Waals surface area contributed by atoms with Gasteiger partial charge in [-0.05, 0) is 55.5 Å². The molecular formula is C25H25F3N4O5. The lowest BCUT2D eigenvalue weighted by Crippen LogP contribution is -2.50. The van der Waals surface area contributed by atoms with Gasteiger partial charge in [-0.2, -0.15) is 5.10 Å². The van der Waals surface area contributed by atoms with E-state index in [0.29, 0.717) is 35.7 Å². The number of fused-ring (bicyclic) bond motifs is 2. The summed E-state index contributed by atoms with van der Waals surface area (Å²) in [5.74, 6) is -0.143. The first-order chi connectivity index (χ1) is 17.7. The van der Waals surface area contributed by atoms with Crippen molar-refractivity contribution in [2.45, 2.75) is 44.0 Å². The zero-order chi connectivity index (χ0) is 26.6. The zero-order valence-electron chi connectivity index (χ0n) is 19.9. The van der Waals surface area contributed by atoms with Gasteiger partial charge in [-0.25, -0.2) is 0 Å². The van der Waals surface area contributed by atoms with Gasteiger partial charge in [-0.3, -0.25) is 19.3 Å². The van der Waals surface area contributed by atoms with Gasteiger partial charge in [0.15, 0.2) is 0 Å². The fourth-order valence-electron chi connectivity index (χ4n) is 4.89. The third-order valence-electron chi connectivity index (χ3n) is 6.35. The molecule has 0 spiro atoms. The van der Waals surface area contributed by atoms with Crippen molar-refractivity contribution in [2.75, 3.05) is 6.61 Å². The second-order valence-electron chi connectivity index (χ2n) is 8.59. The van der Waals surface area contributed by atoms with Crippen LogP contribution in [0, 0.1) is 0 Å². The minimum atomic E-state index is -4.79. The Morgan fingerprint density at radius 3 is 2.62 bits per heavy atom. The monoisotopic (exact) mass is 518 g/mol. The number of aryl methyl sites for hydroxylation is 2. The van der Waals surface area contributed by atoms with E-state index in [9.17, 15) is 18.0 Å². The molecule has 0 radical (unpaired) electrons. The molecule has 3 heterocycles. The van der Waals surface area contributed by atoms with Crippen LogP contribution in [0.5, 0.6) is 11.5 Å². The number of pyridine rings is 1. The summed E-state index contributed by atoms with van der Waals surface area (Å²) in [6.45, 7) is 0.0449. The average molecular weight is 518 g/mol. The van der Waals surface area contributed by atoms with Crippen molar-refractivity contribution < 1.29 is 37.3 Å². The molecule has 196 valence electrons. The van der Waals surface area contributed by atoms with E-state index in [4.69, 9.17) is 14.6 Å². The van der Waals surface area contributed by atoms with Crippen LogP contribution in [0.25, 0.3) is 0 Å². The van der Waals surface area contributed by atoms with Crippen LogP contribution in [0.15, 0.2) is 42.6 Å². The zero-order valence-corrected chi connectivity index (χ0v) is 19.9. The maximum absolute atomic E-state index is 13.7. The summed E-state index contributed by atoms with van der Waals surface area (Å²) >= 11 is 0. The smallest absolute Gasteiger partial charge is 0.491 e. The van der Waals surface area contributed by atoms with E-state index in [0.717, 1.165) is 36.9 Å². The molecule has 12 heteroatoms. The quantitative estimate of drug-likeness (QED) is 0.506. The lowest BCUT2D eigenvalue weighted by atomic mass is 9.81. The van der Waals surface area contributed by atoms with Crippen LogP contribution in [0.3, 0.4) is 0 Å². The number of carbonyl (C=O) groups excluding carboxylic acids is 1. The first-order valence-electron chi connectivity index (χ1n) is 11.6. The fourth-order valence-corrected chi connectivity index (χ4v) is 4.89. The number of nitrogens with zero attached hydrogens (tertiary/aromatic N) is 3. The summed E-state index contributed by atoms with van der Waals surface area (Å²) in [5, 5.41) is 14.6. The van der Waals surface area contributed by atoms with Gasteiger partial charge in [-0.15, -0.1) is 13.2 Å². The number of benzene rings is 1. The summed E-state index contributed by atoms with van der Waals surface area (Å²) < 4.78 is 49.4. The predicted molar refractivity (Wildman–Crippen MR) is 124 cm³/mol. The maximum atomic E-state index is 13.7. The largest absolute Gasteiger partial charge is 0.573 e. The Morgan fingerprint density at radius 2 is 1.92 bits per heavy atom. The molecule has 1 aliphatic carbocycles. The van der Waals surface area contributed by atoms with Crippen LogP contribution in [0.2, 0.25) is 0 Å². The molecule has 37 heavy (non-hydrogen) atoms. The summed E-state index contributed by atoms with van der Waals surface area (Å²) in [4.78, 5) is 26.6. The molecule has 5 rings (SSSR count). The predicted octanol–water partition coefficient (Wildman–Crippen LogP) is 3.75. The van der Waals surface area contributed by atoms with Crippen molar-refractivity contribution >= 4 is 12.4 Å². The summed E-state index contributed by atoms with van der Waals surface area (Å²) in [5.41, 5.74) is 2.35. The van der Waals surface area contributed by atoms with Crippen LogP contribution >= 0.6 is 0 Å². The number of ether oxygens (including phenoxy) is 2. The van der Waals surface area contributed by atoms with Crippen LogP contribution in [0.1, 0.15) is 52.3 Å². The molecule has 1 aliphatic heterocycles. The van der Waals surface area contributed by atoms with Crippen molar-refractivity contribution in [3.8, 4) is 11.5 Å². The number of hydrogen-bond acceptors (Lipinski definition) is 6. The molecule has 1 aromatic carbocycles. The number of aromatic nitrogens is 3. The lowest BCUT2D eigenvalue weighted by Gasteiger charge is -2.39. The molecule has 1 amide bonds. The maximum Gasteiger partial charge on any atom is 0.573 e. The highest BCUT2D eigenvalue weighted by molar-refractivity contribution is 5.95. The van der Waals surface area contributed by atoms with E-state index in [1.54, 1.807) is 30.1 Å². The molecule has 1 atom stereocenters. The number of carboxylic acid groups (broad SMARTS) is 1. The number of hydrogen-bond donors (Lipinski definition) is 2. The summed E-state index contributed by atoms with van der Waals surface area (Å²) in [6, 6.07) is 9.00. The minimum Gasteiger partial charge on any atom is -0.491 e. The fraction of sp³-hybridized carbons (Fsp3) is 0.360.